The van der Waals surface area contributed by atoms with Crippen LogP contribution in [0.1, 0.15) is 11.1 Å². The van der Waals surface area contributed by atoms with Gasteiger partial charge in [-0.15, -0.1) is 0 Å². The number of hydrogen-bond donors (Lipinski definition) is 0. The number of rotatable bonds is 2. The minimum atomic E-state index is 0.845. The lowest BCUT2D eigenvalue weighted by Gasteiger charge is -2.18. The first kappa shape index (κ1) is 14.3. The van der Waals surface area contributed by atoms with Gasteiger partial charge in [0.15, 0.2) is 0 Å². The summed E-state index contributed by atoms with van der Waals surface area (Å²) in [5.41, 5.74) is 6.05. The molecule has 1 aromatic heterocycles. The Morgan fingerprint density at radius 3 is 2.65 bits per heavy atom. The number of nitrogens with zero attached hydrogens (tertiary/aromatic N) is 3. The topological polar surface area (TPSA) is 11.4 Å². The third-order valence-corrected chi connectivity index (χ3v) is 5.04. The highest BCUT2D eigenvalue weighted by atomic mass is 32.1. The minimum absolute atomic E-state index is 0.845. The largest absolute Gasteiger partial charge is 0.378 e. The van der Waals surface area contributed by atoms with E-state index in [1.807, 2.05) is 0 Å². The smallest absolute Gasteiger partial charge is 0.114 e. The molecule has 0 fully saturated rings. The van der Waals surface area contributed by atoms with E-state index in [1.165, 1.54) is 27.7 Å². The van der Waals surface area contributed by atoms with Crippen LogP contribution in [0.2, 0.25) is 0 Å². The number of anilines is 2. The molecule has 4 heteroatoms. The average Bonchev–Trinajstić information content (AvgIpc) is 3.08. The number of benzene rings is 2. The molecule has 0 unspecified atom stereocenters. The summed E-state index contributed by atoms with van der Waals surface area (Å²) in [6.45, 7) is 0.845. The van der Waals surface area contributed by atoms with Gasteiger partial charge < -0.3 is 14.4 Å². The molecular formula is C19H19N3S. The van der Waals surface area contributed by atoms with E-state index in [0.717, 1.165) is 17.2 Å². The fraction of sp³-hybridized carbons (Fsp3) is 0.211. The number of thiocarbonyl (C=S) groups is 1. The molecule has 3 nitrogen and oxygen atoms in total. The summed E-state index contributed by atoms with van der Waals surface area (Å²) in [6.07, 6.45) is 2.09. The minimum Gasteiger partial charge on any atom is -0.378 e. The number of hydrogen-bond acceptors (Lipinski definition) is 2. The fourth-order valence-electron chi connectivity index (χ4n) is 3.19. The predicted octanol–water partition coefficient (Wildman–Crippen LogP) is 3.94. The molecule has 4 rings (SSSR count). The van der Waals surface area contributed by atoms with E-state index in [9.17, 15) is 0 Å². The summed E-state index contributed by atoms with van der Waals surface area (Å²) >= 11 is 5.76. The molecule has 0 N–H and O–H groups in total. The summed E-state index contributed by atoms with van der Waals surface area (Å²) in [5.74, 6) is 0. The van der Waals surface area contributed by atoms with Crippen LogP contribution < -0.4 is 9.80 Å². The second-order valence-electron chi connectivity index (χ2n) is 6.30. The molecule has 2 aromatic carbocycles. The Hall–Kier alpha value is -2.33. The van der Waals surface area contributed by atoms with Gasteiger partial charge in [0, 0.05) is 56.3 Å². The lowest BCUT2D eigenvalue weighted by Crippen LogP contribution is -2.22. The molecule has 0 radical (unpaired) electrons. The van der Waals surface area contributed by atoms with E-state index in [-0.39, 0.29) is 0 Å². The van der Waals surface area contributed by atoms with Gasteiger partial charge in [0.25, 0.3) is 0 Å². The summed E-state index contributed by atoms with van der Waals surface area (Å²) in [6, 6.07) is 15.2. The summed E-state index contributed by atoms with van der Waals surface area (Å²) in [5, 5.41) is 1.26. The van der Waals surface area contributed by atoms with E-state index in [0.29, 0.717) is 0 Å². The van der Waals surface area contributed by atoms with Gasteiger partial charge >= 0.3 is 0 Å². The predicted molar refractivity (Wildman–Crippen MR) is 102 cm³/mol. The second-order valence-corrected chi connectivity index (χ2v) is 6.68. The van der Waals surface area contributed by atoms with Crippen molar-refractivity contribution in [3.63, 3.8) is 0 Å². The van der Waals surface area contributed by atoms with Gasteiger partial charge in [-0.2, -0.15) is 0 Å². The third-order valence-electron chi connectivity index (χ3n) is 4.60. The van der Waals surface area contributed by atoms with Crippen molar-refractivity contribution in [3.05, 3.63) is 59.8 Å². The zero-order chi connectivity index (χ0) is 16.1. The molecule has 0 amide bonds. The van der Waals surface area contributed by atoms with Crippen molar-refractivity contribution in [3.8, 4) is 0 Å². The first-order valence-corrected chi connectivity index (χ1v) is 8.12. The van der Waals surface area contributed by atoms with Crippen LogP contribution >= 0.6 is 12.2 Å². The normalized spacial score (nSPS) is 13.7. The maximum Gasteiger partial charge on any atom is 0.114 e. The van der Waals surface area contributed by atoms with Crippen molar-refractivity contribution in [2.24, 2.45) is 7.05 Å². The summed E-state index contributed by atoms with van der Waals surface area (Å²) in [4.78, 5) is 5.25. The Bertz CT molecular complexity index is 924. The van der Waals surface area contributed by atoms with Gasteiger partial charge in [0.1, 0.15) is 4.99 Å². The molecule has 1 aliphatic rings. The molecule has 23 heavy (non-hydrogen) atoms. The molecule has 2 heterocycles. The molecule has 0 aliphatic carbocycles. The van der Waals surface area contributed by atoms with Gasteiger partial charge in [-0.3, -0.25) is 0 Å². The maximum atomic E-state index is 5.76. The van der Waals surface area contributed by atoms with Crippen LogP contribution in [-0.2, 0) is 13.6 Å². The molecule has 116 valence electrons. The highest BCUT2D eigenvalue weighted by molar-refractivity contribution is 7.81. The fourth-order valence-corrected chi connectivity index (χ4v) is 3.55. The van der Waals surface area contributed by atoms with Gasteiger partial charge in [-0.1, -0.05) is 24.4 Å². The average molecular weight is 321 g/mol. The molecule has 3 aromatic rings. The second kappa shape index (κ2) is 5.10. The zero-order valence-electron chi connectivity index (χ0n) is 13.6. The molecular weight excluding hydrogens is 302 g/mol. The lowest BCUT2D eigenvalue weighted by molar-refractivity contribution is 0.967. The SMILES string of the molecule is CN(C)c1ccc2c(c1)C(=S)N(c1ccc3ccn(C)c3c1)C2. The van der Waals surface area contributed by atoms with Crippen LogP contribution in [0, 0.1) is 0 Å². The Morgan fingerprint density at radius 2 is 1.87 bits per heavy atom. The van der Waals surface area contributed by atoms with E-state index in [1.54, 1.807) is 0 Å². The van der Waals surface area contributed by atoms with Crippen LogP contribution in [0.4, 0.5) is 11.4 Å². The zero-order valence-corrected chi connectivity index (χ0v) is 14.4. The first-order chi connectivity index (χ1) is 11.0. The number of fused-ring (bicyclic) bond motifs is 2. The standard InChI is InChI=1S/C19H19N3S/c1-20(2)15-6-5-14-12-22(19(23)17(14)10-15)16-7-4-13-8-9-21(3)18(13)11-16/h4-11H,12H2,1-3H3. The Kier molecular flexibility index (Phi) is 3.16. The maximum absolute atomic E-state index is 5.76. The Labute approximate surface area is 141 Å². The van der Waals surface area contributed by atoms with E-state index in [4.69, 9.17) is 12.2 Å². The van der Waals surface area contributed by atoms with E-state index < -0.39 is 0 Å². The van der Waals surface area contributed by atoms with Crippen LogP contribution in [0.25, 0.3) is 10.9 Å². The first-order valence-electron chi connectivity index (χ1n) is 7.72. The van der Waals surface area contributed by atoms with Gasteiger partial charge in [0.05, 0.1) is 0 Å². The molecule has 0 saturated heterocycles. The van der Waals surface area contributed by atoms with Crippen molar-refractivity contribution in [2.75, 3.05) is 23.9 Å². The van der Waals surface area contributed by atoms with Crippen molar-refractivity contribution in [1.29, 1.82) is 0 Å². The highest BCUT2D eigenvalue weighted by Crippen LogP contribution is 2.33. The highest BCUT2D eigenvalue weighted by Gasteiger charge is 2.25. The molecule has 0 bridgehead atoms. The number of aryl methyl sites for hydroxylation is 1. The molecule has 0 saturated carbocycles. The Balaban J connectivity index is 1.75. The molecule has 0 spiro atoms. The third kappa shape index (κ3) is 2.21. The van der Waals surface area contributed by atoms with Crippen LogP contribution in [0.3, 0.4) is 0 Å². The summed E-state index contributed by atoms with van der Waals surface area (Å²) in [7, 11) is 6.19. The Morgan fingerprint density at radius 1 is 1.04 bits per heavy atom. The van der Waals surface area contributed by atoms with Crippen molar-refractivity contribution in [2.45, 2.75) is 6.54 Å². The van der Waals surface area contributed by atoms with Gasteiger partial charge in [-0.25, -0.2) is 0 Å². The van der Waals surface area contributed by atoms with Gasteiger partial charge in [0.2, 0.25) is 0 Å². The quantitative estimate of drug-likeness (QED) is 0.663. The van der Waals surface area contributed by atoms with Crippen LogP contribution in [0.15, 0.2) is 48.7 Å². The van der Waals surface area contributed by atoms with Crippen LogP contribution in [-0.4, -0.2) is 23.7 Å². The number of aromatic nitrogens is 1. The van der Waals surface area contributed by atoms with Crippen molar-refractivity contribution in [1.82, 2.24) is 4.57 Å². The van der Waals surface area contributed by atoms with Crippen molar-refractivity contribution < 1.29 is 0 Å². The van der Waals surface area contributed by atoms with Crippen molar-refractivity contribution >= 4 is 39.5 Å². The monoisotopic (exact) mass is 321 g/mol. The molecule has 1 aliphatic heterocycles. The lowest BCUT2D eigenvalue weighted by atomic mass is 10.1. The summed E-state index contributed by atoms with van der Waals surface area (Å²) < 4.78 is 2.15. The van der Waals surface area contributed by atoms with Gasteiger partial charge in [-0.05, 0) is 41.3 Å². The molecule has 0 atom stereocenters. The van der Waals surface area contributed by atoms with E-state index >= 15 is 0 Å². The van der Waals surface area contributed by atoms with E-state index in [2.05, 4.69) is 84.2 Å². The van der Waals surface area contributed by atoms with Crippen LogP contribution in [0.5, 0.6) is 0 Å².